The maximum absolute atomic E-state index is 5.65. The zero-order valence-corrected chi connectivity index (χ0v) is 21.3. The minimum Gasteiger partial charge on any atom is -0.496 e. The first-order chi connectivity index (χ1) is 14.2. The Bertz CT molecular complexity index is 791. The number of rotatable bonds is 9. The number of halogens is 1. The number of thiazole rings is 1. The fourth-order valence-corrected chi connectivity index (χ4v) is 4.48. The highest BCUT2D eigenvalue weighted by molar-refractivity contribution is 14.0. The molecule has 1 unspecified atom stereocenters. The fraction of sp³-hybridized carbons (Fsp3) is 0.545. The Morgan fingerprint density at radius 3 is 2.67 bits per heavy atom. The number of hydrogen-bond donors (Lipinski definition) is 2. The van der Waals surface area contributed by atoms with Crippen LogP contribution in [0.1, 0.15) is 48.2 Å². The van der Waals surface area contributed by atoms with E-state index in [2.05, 4.69) is 46.5 Å². The zero-order chi connectivity index (χ0) is 20.5. The number of aromatic nitrogens is 1. The number of nitrogens with one attached hydrogen (secondary N) is 2. The topological polar surface area (TPSA) is 61.8 Å². The van der Waals surface area contributed by atoms with Crippen LogP contribution < -0.4 is 15.4 Å². The van der Waals surface area contributed by atoms with Crippen molar-refractivity contribution >= 4 is 41.3 Å². The highest BCUT2D eigenvalue weighted by Gasteiger charge is 2.26. The lowest BCUT2D eigenvalue weighted by Gasteiger charge is -2.30. The van der Waals surface area contributed by atoms with Gasteiger partial charge in [-0.25, -0.2) is 9.98 Å². The Morgan fingerprint density at radius 1 is 1.23 bits per heavy atom. The van der Waals surface area contributed by atoms with E-state index < -0.39 is 0 Å². The molecule has 0 radical (unpaired) electrons. The van der Waals surface area contributed by atoms with Gasteiger partial charge < -0.3 is 15.4 Å². The van der Waals surface area contributed by atoms with Crippen LogP contribution in [-0.2, 0) is 13.0 Å². The summed E-state index contributed by atoms with van der Waals surface area (Å²) in [5, 5.41) is 7.98. The molecule has 30 heavy (non-hydrogen) atoms. The molecular weight excluding hydrogens is 509 g/mol. The lowest BCUT2D eigenvalue weighted by Crippen LogP contribution is -2.42. The summed E-state index contributed by atoms with van der Waals surface area (Å²) in [6.45, 7) is 8.70. The number of ether oxygens (including phenoxy) is 1. The average molecular weight is 544 g/mol. The number of benzene rings is 1. The molecule has 2 aromatic rings. The monoisotopic (exact) mass is 543 g/mol. The van der Waals surface area contributed by atoms with Gasteiger partial charge in [0.1, 0.15) is 10.8 Å². The summed E-state index contributed by atoms with van der Waals surface area (Å²) in [6, 6.07) is 8.60. The summed E-state index contributed by atoms with van der Waals surface area (Å²) in [7, 11) is 1.75. The summed E-state index contributed by atoms with van der Waals surface area (Å²) in [4.78, 5) is 13.1. The van der Waals surface area contributed by atoms with E-state index in [9.17, 15) is 0 Å². The van der Waals surface area contributed by atoms with Gasteiger partial charge in [0.2, 0.25) is 0 Å². The van der Waals surface area contributed by atoms with E-state index in [0.717, 1.165) is 49.3 Å². The maximum atomic E-state index is 5.65. The molecule has 3 rings (SSSR count). The normalized spacial score (nSPS) is 15.5. The molecule has 1 fully saturated rings. The van der Waals surface area contributed by atoms with Crippen molar-refractivity contribution in [1.82, 2.24) is 20.5 Å². The fourth-order valence-electron chi connectivity index (χ4n) is 3.70. The van der Waals surface area contributed by atoms with Crippen molar-refractivity contribution in [2.24, 2.45) is 4.99 Å². The Balaban J connectivity index is 0.00000320. The Labute approximate surface area is 201 Å². The van der Waals surface area contributed by atoms with Crippen LogP contribution in [0, 0.1) is 0 Å². The largest absolute Gasteiger partial charge is 0.496 e. The molecule has 2 N–H and O–H groups in total. The predicted molar refractivity (Wildman–Crippen MR) is 136 cm³/mol. The van der Waals surface area contributed by atoms with Gasteiger partial charge >= 0.3 is 0 Å². The minimum absolute atomic E-state index is 0. The quantitative estimate of drug-likeness (QED) is 0.282. The molecule has 6 nitrogen and oxygen atoms in total. The van der Waals surface area contributed by atoms with Crippen molar-refractivity contribution < 1.29 is 4.74 Å². The van der Waals surface area contributed by atoms with E-state index in [-0.39, 0.29) is 30.0 Å². The minimum atomic E-state index is 0. The number of methoxy groups -OCH3 is 1. The van der Waals surface area contributed by atoms with Crippen molar-refractivity contribution in [2.75, 3.05) is 33.3 Å². The molecular formula is C22H34IN5OS. The SMILES string of the molecule is CCNC(=NCc1ncc(CC)s1)NCC(c1ccccc1OC)N1CCCC1.I. The maximum Gasteiger partial charge on any atom is 0.191 e. The van der Waals surface area contributed by atoms with Gasteiger partial charge in [0.15, 0.2) is 5.96 Å². The van der Waals surface area contributed by atoms with Crippen LogP contribution in [0.25, 0.3) is 0 Å². The van der Waals surface area contributed by atoms with Gasteiger partial charge in [0.25, 0.3) is 0 Å². The van der Waals surface area contributed by atoms with Crippen LogP contribution in [0.15, 0.2) is 35.5 Å². The number of guanidine groups is 1. The van der Waals surface area contributed by atoms with Crippen LogP contribution in [0.3, 0.4) is 0 Å². The number of aryl methyl sites for hydroxylation is 1. The summed E-state index contributed by atoms with van der Waals surface area (Å²) in [5.41, 5.74) is 1.23. The second-order valence-electron chi connectivity index (χ2n) is 7.15. The van der Waals surface area contributed by atoms with Gasteiger partial charge in [0.05, 0.1) is 19.7 Å². The zero-order valence-electron chi connectivity index (χ0n) is 18.2. The molecule has 8 heteroatoms. The third kappa shape index (κ3) is 6.81. The highest BCUT2D eigenvalue weighted by Crippen LogP contribution is 2.31. The molecule has 1 aromatic carbocycles. The number of likely N-dealkylation sites (tertiary alicyclic amines) is 1. The Hall–Kier alpha value is -1.39. The third-order valence-corrected chi connectivity index (χ3v) is 6.34. The smallest absolute Gasteiger partial charge is 0.191 e. The van der Waals surface area contributed by atoms with E-state index >= 15 is 0 Å². The van der Waals surface area contributed by atoms with Crippen molar-refractivity contribution in [3.8, 4) is 5.75 Å². The summed E-state index contributed by atoms with van der Waals surface area (Å²) in [6.07, 6.45) is 5.49. The van der Waals surface area contributed by atoms with Crippen molar-refractivity contribution in [2.45, 2.75) is 45.7 Å². The molecule has 0 saturated carbocycles. The Morgan fingerprint density at radius 2 is 2.00 bits per heavy atom. The molecule has 0 aliphatic carbocycles. The van der Waals surface area contributed by atoms with E-state index in [4.69, 9.17) is 9.73 Å². The van der Waals surface area contributed by atoms with Crippen LogP contribution >= 0.6 is 35.3 Å². The number of nitrogens with zero attached hydrogens (tertiary/aromatic N) is 3. The first-order valence-electron chi connectivity index (χ1n) is 10.6. The lowest BCUT2D eigenvalue weighted by molar-refractivity contribution is 0.239. The van der Waals surface area contributed by atoms with Crippen molar-refractivity contribution in [3.05, 3.63) is 45.9 Å². The van der Waals surface area contributed by atoms with Gasteiger partial charge in [0, 0.05) is 29.7 Å². The van der Waals surface area contributed by atoms with Gasteiger partial charge in [-0.05, 0) is 45.3 Å². The van der Waals surface area contributed by atoms with Gasteiger partial charge in [-0.2, -0.15) is 0 Å². The van der Waals surface area contributed by atoms with E-state index in [0.29, 0.717) is 6.54 Å². The first kappa shape index (κ1) is 24.9. The number of aliphatic imine (C=N–C) groups is 1. The van der Waals surface area contributed by atoms with E-state index in [1.165, 1.54) is 23.3 Å². The van der Waals surface area contributed by atoms with E-state index in [1.807, 2.05) is 18.3 Å². The molecule has 1 aliphatic rings. The Kier molecular flexibility index (Phi) is 10.9. The third-order valence-electron chi connectivity index (χ3n) is 5.21. The predicted octanol–water partition coefficient (Wildman–Crippen LogP) is 4.22. The first-order valence-corrected chi connectivity index (χ1v) is 11.4. The average Bonchev–Trinajstić information content (AvgIpc) is 3.44. The molecule has 2 heterocycles. The van der Waals surface area contributed by atoms with Gasteiger partial charge in [-0.3, -0.25) is 4.90 Å². The van der Waals surface area contributed by atoms with Crippen LogP contribution in [0.4, 0.5) is 0 Å². The number of hydrogen-bond acceptors (Lipinski definition) is 5. The second-order valence-corrected chi connectivity index (χ2v) is 8.35. The van der Waals surface area contributed by atoms with Gasteiger partial charge in [-0.15, -0.1) is 35.3 Å². The highest BCUT2D eigenvalue weighted by atomic mass is 127. The second kappa shape index (κ2) is 13.1. The van der Waals surface area contributed by atoms with Crippen LogP contribution in [0.5, 0.6) is 5.75 Å². The van der Waals surface area contributed by atoms with Crippen molar-refractivity contribution in [1.29, 1.82) is 0 Å². The summed E-state index contributed by atoms with van der Waals surface area (Å²) < 4.78 is 5.65. The summed E-state index contributed by atoms with van der Waals surface area (Å²) in [5.74, 6) is 1.78. The van der Waals surface area contributed by atoms with Crippen LogP contribution in [-0.4, -0.2) is 49.1 Å². The molecule has 0 spiro atoms. The standard InChI is InChI=1S/C22H33N5OS.HI/c1-4-17-14-24-21(29-17)16-26-22(23-5-2)25-15-19(27-12-8-9-13-27)18-10-6-7-11-20(18)28-3;/h6-7,10-11,14,19H,4-5,8-9,12-13,15-16H2,1-3H3,(H2,23,25,26);1H. The molecule has 0 amide bonds. The molecule has 1 saturated heterocycles. The molecule has 1 atom stereocenters. The van der Waals surface area contributed by atoms with Gasteiger partial charge in [-0.1, -0.05) is 25.1 Å². The molecule has 166 valence electrons. The molecule has 0 bridgehead atoms. The number of para-hydroxylation sites is 1. The molecule has 1 aliphatic heterocycles. The van der Waals surface area contributed by atoms with Crippen LogP contribution in [0.2, 0.25) is 0 Å². The summed E-state index contributed by atoms with van der Waals surface area (Å²) >= 11 is 1.74. The molecule has 1 aromatic heterocycles. The van der Waals surface area contributed by atoms with Crippen molar-refractivity contribution in [3.63, 3.8) is 0 Å². The lowest BCUT2D eigenvalue weighted by atomic mass is 10.0. The van der Waals surface area contributed by atoms with E-state index in [1.54, 1.807) is 18.4 Å².